The third-order valence-electron chi connectivity index (χ3n) is 3.97. The van der Waals surface area contributed by atoms with E-state index in [0.717, 1.165) is 45.4 Å². The fraction of sp³-hybridized carbons (Fsp3) is 0.105. The zero-order valence-electron chi connectivity index (χ0n) is 13.5. The van der Waals surface area contributed by atoms with Crippen LogP contribution in [0.3, 0.4) is 0 Å². The number of aromatic amines is 2. The van der Waals surface area contributed by atoms with Crippen molar-refractivity contribution >= 4 is 0 Å². The third kappa shape index (κ3) is 2.72. The molecule has 0 saturated heterocycles. The number of rotatable bonds is 3. The maximum atomic E-state index is 4.57. The summed E-state index contributed by atoms with van der Waals surface area (Å²) >= 11 is 0. The van der Waals surface area contributed by atoms with Gasteiger partial charge in [0.1, 0.15) is 11.6 Å². The molecule has 0 bridgehead atoms. The lowest BCUT2D eigenvalue weighted by molar-refractivity contribution is 1.15. The molecule has 4 rings (SSSR count). The molecule has 24 heavy (non-hydrogen) atoms. The van der Waals surface area contributed by atoms with Crippen molar-refractivity contribution in [3.05, 3.63) is 66.6 Å². The number of benzene rings is 1. The van der Waals surface area contributed by atoms with Crippen LogP contribution in [0.25, 0.3) is 33.8 Å². The topological polar surface area (TPSA) is 70.2 Å². The predicted octanol–water partition coefficient (Wildman–Crippen LogP) is 4.15. The molecule has 0 radical (unpaired) electrons. The normalized spacial score (nSPS) is 10.9. The Hall–Kier alpha value is -3.21. The van der Waals surface area contributed by atoms with E-state index in [9.17, 15) is 0 Å². The first kappa shape index (κ1) is 14.4. The summed E-state index contributed by atoms with van der Waals surface area (Å²) in [5.74, 6) is 1.82. The van der Waals surface area contributed by atoms with Crippen LogP contribution in [0.4, 0.5) is 0 Å². The number of imidazole rings is 2. The Morgan fingerprint density at radius 1 is 0.583 bits per heavy atom. The average Bonchev–Trinajstić information content (AvgIpc) is 3.24. The van der Waals surface area contributed by atoms with Gasteiger partial charge in [0.05, 0.1) is 29.5 Å². The molecule has 0 amide bonds. The predicted molar refractivity (Wildman–Crippen MR) is 94.3 cm³/mol. The van der Waals surface area contributed by atoms with Crippen LogP contribution in [0.1, 0.15) is 11.6 Å². The third-order valence-corrected chi connectivity index (χ3v) is 3.97. The monoisotopic (exact) mass is 315 g/mol. The van der Waals surface area contributed by atoms with Crippen LogP contribution in [-0.2, 0) is 0 Å². The minimum absolute atomic E-state index is 0.902. The number of hydrogen-bond donors (Lipinski definition) is 2. The van der Waals surface area contributed by atoms with Crippen LogP contribution >= 0.6 is 0 Å². The van der Waals surface area contributed by atoms with Gasteiger partial charge in [0.25, 0.3) is 0 Å². The summed E-state index contributed by atoms with van der Waals surface area (Å²) in [5.41, 5.74) is 6.19. The van der Waals surface area contributed by atoms with E-state index in [1.165, 1.54) is 0 Å². The zero-order chi connectivity index (χ0) is 16.5. The number of pyridine rings is 1. The first-order chi connectivity index (χ1) is 11.7. The van der Waals surface area contributed by atoms with Crippen molar-refractivity contribution in [2.75, 3.05) is 0 Å². The molecule has 0 fully saturated rings. The van der Waals surface area contributed by atoms with E-state index >= 15 is 0 Å². The molecule has 5 heteroatoms. The Morgan fingerprint density at radius 2 is 1.12 bits per heavy atom. The molecule has 5 nitrogen and oxygen atoms in total. The van der Waals surface area contributed by atoms with E-state index in [-0.39, 0.29) is 0 Å². The second kappa shape index (κ2) is 5.77. The molecule has 118 valence electrons. The summed E-state index contributed by atoms with van der Waals surface area (Å²) in [6, 6.07) is 12.4. The number of H-pyrrole nitrogens is 2. The lowest BCUT2D eigenvalue weighted by Gasteiger charge is -2.04. The molecule has 0 aliphatic rings. The molecule has 1 aromatic carbocycles. The van der Waals surface area contributed by atoms with E-state index in [0.29, 0.717) is 0 Å². The van der Waals surface area contributed by atoms with Gasteiger partial charge in [0, 0.05) is 17.3 Å². The van der Waals surface area contributed by atoms with Crippen LogP contribution in [0.15, 0.2) is 55.0 Å². The standard InChI is InChI=1S/C19H17N5/c1-12-20-10-18(23-12)15-5-3-14(4-6-15)17-8-7-16(9-22-17)19-11-21-13(2)24-19/h3-11H,1-2H3,(H,20,23)(H,21,24). The number of hydrogen-bond acceptors (Lipinski definition) is 3. The van der Waals surface area contributed by atoms with Crippen LogP contribution in [0.2, 0.25) is 0 Å². The Labute approximate surface area is 139 Å². The smallest absolute Gasteiger partial charge is 0.103 e. The zero-order valence-corrected chi connectivity index (χ0v) is 13.5. The Balaban J connectivity index is 1.59. The van der Waals surface area contributed by atoms with Gasteiger partial charge in [-0.3, -0.25) is 4.98 Å². The van der Waals surface area contributed by atoms with Gasteiger partial charge in [0.2, 0.25) is 0 Å². The van der Waals surface area contributed by atoms with Crippen molar-refractivity contribution < 1.29 is 0 Å². The molecule has 4 aromatic rings. The highest BCUT2D eigenvalue weighted by Gasteiger charge is 2.05. The number of aromatic nitrogens is 5. The highest BCUT2D eigenvalue weighted by Crippen LogP contribution is 2.24. The highest BCUT2D eigenvalue weighted by atomic mass is 14.9. The van der Waals surface area contributed by atoms with Gasteiger partial charge >= 0.3 is 0 Å². The van der Waals surface area contributed by atoms with Gasteiger partial charge in [-0.2, -0.15) is 0 Å². The lowest BCUT2D eigenvalue weighted by atomic mass is 10.1. The van der Waals surface area contributed by atoms with Crippen molar-refractivity contribution in [1.29, 1.82) is 0 Å². The average molecular weight is 315 g/mol. The minimum Gasteiger partial charge on any atom is -0.342 e. The molecule has 3 aromatic heterocycles. The summed E-state index contributed by atoms with van der Waals surface area (Å²) in [6.07, 6.45) is 5.55. The Kier molecular flexibility index (Phi) is 3.46. The second-order valence-electron chi connectivity index (χ2n) is 5.77. The molecule has 0 spiro atoms. The molecule has 0 aliphatic carbocycles. The van der Waals surface area contributed by atoms with E-state index in [1.807, 2.05) is 38.5 Å². The maximum Gasteiger partial charge on any atom is 0.103 e. The maximum absolute atomic E-state index is 4.57. The van der Waals surface area contributed by atoms with Gasteiger partial charge in [-0.05, 0) is 31.5 Å². The molecular formula is C19H17N5. The summed E-state index contributed by atoms with van der Waals surface area (Å²) < 4.78 is 0. The van der Waals surface area contributed by atoms with E-state index < -0.39 is 0 Å². The van der Waals surface area contributed by atoms with Crippen LogP contribution < -0.4 is 0 Å². The summed E-state index contributed by atoms with van der Waals surface area (Å²) in [5, 5.41) is 0. The van der Waals surface area contributed by atoms with Gasteiger partial charge in [-0.25, -0.2) is 9.97 Å². The first-order valence-corrected chi connectivity index (χ1v) is 7.79. The van der Waals surface area contributed by atoms with Crippen molar-refractivity contribution in [1.82, 2.24) is 24.9 Å². The van der Waals surface area contributed by atoms with Crippen molar-refractivity contribution in [3.8, 4) is 33.8 Å². The van der Waals surface area contributed by atoms with Gasteiger partial charge in [-0.1, -0.05) is 24.3 Å². The van der Waals surface area contributed by atoms with Crippen LogP contribution in [0, 0.1) is 13.8 Å². The lowest BCUT2D eigenvalue weighted by Crippen LogP contribution is -1.86. The van der Waals surface area contributed by atoms with Gasteiger partial charge in [0.15, 0.2) is 0 Å². The molecule has 3 heterocycles. The second-order valence-corrected chi connectivity index (χ2v) is 5.77. The van der Waals surface area contributed by atoms with Crippen molar-refractivity contribution in [3.63, 3.8) is 0 Å². The van der Waals surface area contributed by atoms with Crippen LogP contribution in [-0.4, -0.2) is 24.9 Å². The first-order valence-electron chi connectivity index (χ1n) is 7.79. The Morgan fingerprint density at radius 3 is 1.62 bits per heavy atom. The molecule has 0 atom stereocenters. The summed E-state index contributed by atoms with van der Waals surface area (Å²) in [4.78, 5) is 19.5. The molecule has 0 saturated carbocycles. The summed E-state index contributed by atoms with van der Waals surface area (Å²) in [7, 11) is 0. The number of aryl methyl sites for hydroxylation is 2. The van der Waals surface area contributed by atoms with Crippen LogP contribution in [0.5, 0.6) is 0 Å². The quantitative estimate of drug-likeness (QED) is 0.597. The van der Waals surface area contributed by atoms with Gasteiger partial charge in [-0.15, -0.1) is 0 Å². The largest absolute Gasteiger partial charge is 0.342 e. The van der Waals surface area contributed by atoms with Gasteiger partial charge < -0.3 is 9.97 Å². The molecular weight excluding hydrogens is 298 g/mol. The van der Waals surface area contributed by atoms with Crippen molar-refractivity contribution in [2.45, 2.75) is 13.8 Å². The number of nitrogens with one attached hydrogen (secondary N) is 2. The van der Waals surface area contributed by atoms with Crippen molar-refractivity contribution in [2.24, 2.45) is 0 Å². The summed E-state index contributed by atoms with van der Waals surface area (Å²) in [6.45, 7) is 3.89. The van der Waals surface area contributed by atoms with E-state index in [2.05, 4.69) is 55.3 Å². The fourth-order valence-electron chi connectivity index (χ4n) is 2.68. The van der Waals surface area contributed by atoms with E-state index in [1.54, 1.807) is 0 Å². The SMILES string of the molecule is Cc1ncc(-c2ccc(-c3ccc(-c4cnc(C)[nH]4)cn3)cc2)[nH]1. The highest BCUT2D eigenvalue weighted by molar-refractivity contribution is 5.68. The molecule has 2 N–H and O–H groups in total. The Bertz CT molecular complexity index is 880. The molecule has 0 aliphatic heterocycles. The minimum atomic E-state index is 0.902. The number of nitrogens with zero attached hydrogens (tertiary/aromatic N) is 3. The molecule has 0 unspecified atom stereocenters. The van der Waals surface area contributed by atoms with E-state index in [4.69, 9.17) is 0 Å². The fourth-order valence-corrected chi connectivity index (χ4v) is 2.68.